The Morgan fingerprint density at radius 1 is 0.960 bits per heavy atom. The van der Waals surface area contributed by atoms with Crippen molar-refractivity contribution in [2.75, 3.05) is 14.1 Å². The molecule has 0 unspecified atom stereocenters. The highest BCUT2D eigenvalue weighted by Crippen LogP contribution is 2.25. The second kappa shape index (κ2) is 7.51. The summed E-state index contributed by atoms with van der Waals surface area (Å²) in [7, 11) is 3.32. The topological polar surface area (TPSA) is 46.6 Å². The Morgan fingerprint density at radius 3 is 2.32 bits per heavy atom. The summed E-state index contributed by atoms with van der Waals surface area (Å²) in [6.07, 6.45) is 3.48. The van der Waals surface area contributed by atoms with E-state index in [0.717, 1.165) is 19.3 Å². The third-order valence-electron chi connectivity index (χ3n) is 4.58. The number of ether oxygens (including phenoxy) is 1. The van der Waals surface area contributed by atoms with Crippen LogP contribution in [0.3, 0.4) is 0 Å². The Labute approximate surface area is 148 Å². The molecule has 2 aromatic carbocycles. The number of esters is 1. The molecule has 0 aliphatic heterocycles. The van der Waals surface area contributed by atoms with Gasteiger partial charge in [0, 0.05) is 19.7 Å². The van der Waals surface area contributed by atoms with Gasteiger partial charge in [0.1, 0.15) is 0 Å². The monoisotopic (exact) mass is 337 g/mol. The number of hydrogen-bond acceptors (Lipinski definition) is 3. The molecule has 1 aliphatic carbocycles. The van der Waals surface area contributed by atoms with Crippen molar-refractivity contribution in [1.82, 2.24) is 4.90 Å². The molecule has 0 spiro atoms. The van der Waals surface area contributed by atoms with E-state index >= 15 is 0 Å². The summed E-state index contributed by atoms with van der Waals surface area (Å²) >= 11 is 0. The van der Waals surface area contributed by atoms with E-state index in [1.54, 1.807) is 32.3 Å². The largest absolute Gasteiger partial charge is 0.444 e. The van der Waals surface area contributed by atoms with E-state index < -0.39 is 12.1 Å². The van der Waals surface area contributed by atoms with E-state index in [1.807, 2.05) is 30.3 Å². The lowest BCUT2D eigenvalue weighted by atomic mass is 9.90. The zero-order valence-corrected chi connectivity index (χ0v) is 14.7. The van der Waals surface area contributed by atoms with Gasteiger partial charge in [0.2, 0.25) is 6.10 Å². The molecule has 2 aromatic rings. The van der Waals surface area contributed by atoms with Gasteiger partial charge in [-0.25, -0.2) is 4.79 Å². The fourth-order valence-electron chi connectivity index (χ4n) is 3.16. The van der Waals surface area contributed by atoms with Crippen LogP contribution in [0.15, 0.2) is 48.5 Å². The Kier molecular flexibility index (Phi) is 5.17. The van der Waals surface area contributed by atoms with Crippen molar-refractivity contribution >= 4 is 11.9 Å². The lowest BCUT2D eigenvalue weighted by Crippen LogP contribution is -2.31. The summed E-state index contributed by atoms with van der Waals surface area (Å²) in [5, 5.41) is 0. The minimum atomic E-state index is -0.931. The van der Waals surface area contributed by atoms with Gasteiger partial charge >= 0.3 is 5.97 Å². The number of likely N-dealkylation sites (N-methyl/N-ethyl adjacent to an activating group) is 1. The molecule has 3 rings (SSSR count). The molecule has 1 aliphatic rings. The van der Waals surface area contributed by atoms with Gasteiger partial charge in [-0.2, -0.15) is 0 Å². The predicted molar refractivity (Wildman–Crippen MR) is 96.4 cm³/mol. The standard InChI is InChI=1S/C21H23NO3/c1-22(2)20(23)19(16-9-4-3-5-10-16)25-21(24)18-13-12-15-8-6-7-11-17(15)14-18/h3-5,9-10,12-14,19H,6-8,11H2,1-2H3/t19-/m0/s1. The smallest absolute Gasteiger partial charge is 0.339 e. The first-order valence-electron chi connectivity index (χ1n) is 8.65. The fraction of sp³-hybridized carbons (Fsp3) is 0.333. The van der Waals surface area contributed by atoms with Gasteiger partial charge in [-0.3, -0.25) is 4.79 Å². The highest BCUT2D eigenvalue weighted by atomic mass is 16.5. The number of rotatable bonds is 4. The molecule has 130 valence electrons. The molecule has 0 radical (unpaired) electrons. The van der Waals surface area contributed by atoms with Gasteiger partial charge in [-0.1, -0.05) is 36.4 Å². The van der Waals surface area contributed by atoms with Crippen molar-refractivity contribution in [2.24, 2.45) is 0 Å². The van der Waals surface area contributed by atoms with Crippen LogP contribution in [0.5, 0.6) is 0 Å². The molecule has 1 atom stereocenters. The van der Waals surface area contributed by atoms with Crippen molar-refractivity contribution in [2.45, 2.75) is 31.8 Å². The number of carbonyl (C=O) groups is 2. The summed E-state index contributed by atoms with van der Waals surface area (Å²) in [6.45, 7) is 0. The number of hydrogen-bond donors (Lipinski definition) is 0. The first-order valence-corrected chi connectivity index (χ1v) is 8.65. The zero-order chi connectivity index (χ0) is 17.8. The molecular weight excluding hydrogens is 314 g/mol. The van der Waals surface area contributed by atoms with Gasteiger partial charge in [-0.15, -0.1) is 0 Å². The summed E-state index contributed by atoms with van der Waals surface area (Å²) in [5.41, 5.74) is 3.71. The molecule has 0 saturated carbocycles. The number of nitrogens with zero attached hydrogens (tertiary/aromatic N) is 1. The van der Waals surface area contributed by atoms with Gasteiger partial charge in [0.05, 0.1) is 5.56 Å². The molecule has 0 aromatic heterocycles. The van der Waals surface area contributed by atoms with E-state index in [0.29, 0.717) is 11.1 Å². The van der Waals surface area contributed by atoms with Crippen molar-refractivity contribution in [3.8, 4) is 0 Å². The van der Waals surface area contributed by atoms with Crippen LogP contribution >= 0.6 is 0 Å². The van der Waals surface area contributed by atoms with Crippen LogP contribution in [0.2, 0.25) is 0 Å². The Hall–Kier alpha value is -2.62. The van der Waals surface area contributed by atoms with Gasteiger partial charge < -0.3 is 9.64 Å². The summed E-state index contributed by atoms with van der Waals surface area (Å²) in [6, 6.07) is 14.9. The van der Waals surface area contributed by atoms with E-state index in [-0.39, 0.29) is 5.91 Å². The lowest BCUT2D eigenvalue weighted by Gasteiger charge is -2.22. The summed E-state index contributed by atoms with van der Waals surface area (Å²) in [5.74, 6) is -0.713. The minimum Gasteiger partial charge on any atom is -0.444 e. The molecular formula is C21H23NO3. The second-order valence-electron chi connectivity index (χ2n) is 6.62. The SMILES string of the molecule is CN(C)C(=O)[C@@H](OC(=O)c1ccc2c(c1)CCCC2)c1ccccc1. The Morgan fingerprint density at radius 2 is 1.64 bits per heavy atom. The Balaban J connectivity index is 1.84. The third-order valence-corrected chi connectivity index (χ3v) is 4.58. The molecule has 25 heavy (non-hydrogen) atoms. The predicted octanol–water partition coefficient (Wildman–Crippen LogP) is 3.55. The molecule has 1 amide bonds. The Bertz CT molecular complexity index is 768. The maximum Gasteiger partial charge on any atom is 0.339 e. The normalized spacial score (nSPS) is 14.3. The molecule has 4 nitrogen and oxygen atoms in total. The van der Waals surface area contributed by atoms with Crippen LogP contribution in [0.25, 0.3) is 0 Å². The van der Waals surface area contributed by atoms with Crippen molar-refractivity contribution in [1.29, 1.82) is 0 Å². The number of fused-ring (bicyclic) bond motifs is 1. The number of amides is 1. The van der Waals surface area contributed by atoms with Gasteiger partial charge in [0.15, 0.2) is 0 Å². The summed E-state index contributed by atoms with van der Waals surface area (Å²) in [4.78, 5) is 26.6. The molecule has 0 bridgehead atoms. The molecule has 0 fully saturated rings. The van der Waals surface area contributed by atoms with Crippen LogP contribution in [-0.2, 0) is 22.4 Å². The van der Waals surface area contributed by atoms with E-state index in [1.165, 1.54) is 22.4 Å². The van der Waals surface area contributed by atoms with Gasteiger partial charge in [-0.05, 0) is 48.9 Å². The molecule has 0 N–H and O–H groups in total. The molecule has 4 heteroatoms. The lowest BCUT2D eigenvalue weighted by molar-refractivity contribution is -0.138. The highest BCUT2D eigenvalue weighted by Gasteiger charge is 2.27. The van der Waals surface area contributed by atoms with E-state index in [2.05, 4.69) is 0 Å². The van der Waals surface area contributed by atoms with Crippen LogP contribution < -0.4 is 0 Å². The first kappa shape index (κ1) is 17.2. The third kappa shape index (κ3) is 3.90. The van der Waals surface area contributed by atoms with Crippen molar-refractivity contribution < 1.29 is 14.3 Å². The maximum atomic E-state index is 12.6. The first-order chi connectivity index (χ1) is 12.1. The zero-order valence-electron chi connectivity index (χ0n) is 14.7. The van der Waals surface area contributed by atoms with Crippen LogP contribution in [-0.4, -0.2) is 30.9 Å². The van der Waals surface area contributed by atoms with Crippen LogP contribution in [0.1, 0.15) is 46.0 Å². The van der Waals surface area contributed by atoms with Crippen LogP contribution in [0, 0.1) is 0 Å². The minimum absolute atomic E-state index is 0.252. The fourth-order valence-corrected chi connectivity index (χ4v) is 3.16. The van der Waals surface area contributed by atoms with Gasteiger partial charge in [0.25, 0.3) is 5.91 Å². The average molecular weight is 337 g/mol. The maximum absolute atomic E-state index is 12.6. The summed E-state index contributed by atoms with van der Waals surface area (Å²) < 4.78 is 5.61. The number of benzene rings is 2. The van der Waals surface area contributed by atoms with Crippen LogP contribution in [0.4, 0.5) is 0 Å². The molecule has 0 saturated heterocycles. The second-order valence-corrected chi connectivity index (χ2v) is 6.62. The quantitative estimate of drug-likeness (QED) is 0.802. The van der Waals surface area contributed by atoms with E-state index in [9.17, 15) is 9.59 Å². The number of carbonyl (C=O) groups excluding carboxylic acids is 2. The molecule has 0 heterocycles. The van der Waals surface area contributed by atoms with Crippen molar-refractivity contribution in [3.63, 3.8) is 0 Å². The average Bonchev–Trinajstić information content (AvgIpc) is 2.65. The highest BCUT2D eigenvalue weighted by molar-refractivity contribution is 5.93. The van der Waals surface area contributed by atoms with E-state index in [4.69, 9.17) is 4.74 Å². The van der Waals surface area contributed by atoms with Crippen molar-refractivity contribution in [3.05, 3.63) is 70.8 Å². The number of aryl methyl sites for hydroxylation is 2.